The Morgan fingerprint density at radius 3 is 2.42 bits per heavy atom. The van der Waals surface area contributed by atoms with E-state index in [4.69, 9.17) is 0 Å². The lowest BCUT2D eigenvalue weighted by atomic mass is 9.99. The highest BCUT2D eigenvalue weighted by atomic mass is 32.2. The molecule has 1 atom stereocenters. The van der Waals surface area contributed by atoms with E-state index in [1.54, 1.807) is 0 Å². The summed E-state index contributed by atoms with van der Waals surface area (Å²) in [6.07, 6.45) is 3.11. The van der Waals surface area contributed by atoms with E-state index in [1.807, 2.05) is 6.92 Å². The molecule has 2 aliphatic heterocycles. The Bertz CT molecular complexity index is 533. The molecule has 0 saturated carbocycles. The SMILES string of the molecule is CCCS(=O)(=O)N1CCCC(C(=O)NCCCN2CCN(CC)CC2)C1. The lowest BCUT2D eigenvalue weighted by Gasteiger charge is -2.34. The molecule has 2 fully saturated rings. The third-order valence-corrected chi connectivity index (χ3v) is 7.52. The minimum Gasteiger partial charge on any atom is -0.356 e. The van der Waals surface area contributed by atoms with Gasteiger partial charge in [0.15, 0.2) is 0 Å². The second kappa shape index (κ2) is 10.6. The third kappa shape index (κ3) is 6.48. The number of likely N-dealkylation sites (N-methyl/N-ethyl adjacent to an activating group) is 1. The molecule has 1 amide bonds. The molecule has 2 aliphatic rings. The first-order valence-corrected chi connectivity index (χ1v) is 11.8. The standard InChI is InChI=1S/C18H36N4O3S/c1-3-15-26(24,25)22-10-5-7-17(16-22)18(23)19-8-6-9-21-13-11-20(4-2)12-14-21/h17H,3-16H2,1-2H3,(H,19,23). The van der Waals surface area contributed by atoms with Crippen LogP contribution in [0, 0.1) is 5.92 Å². The van der Waals surface area contributed by atoms with Gasteiger partial charge in [0.2, 0.25) is 15.9 Å². The molecule has 0 aromatic carbocycles. The maximum Gasteiger partial charge on any atom is 0.224 e. The molecule has 7 nitrogen and oxygen atoms in total. The average molecular weight is 389 g/mol. The normalized spacial score (nSPS) is 23.8. The van der Waals surface area contributed by atoms with Crippen molar-refractivity contribution in [1.82, 2.24) is 19.4 Å². The number of amides is 1. The van der Waals surface area contributed by atoms with Crippen molar-refractivity contribution in [3.05, 3.63) is 0 Å². The first kappa shape index (κ1) is 21.6. The van der Waals surface area contributed by atoms with E-state index < -0.39 is 10.0 Å². The van der Waals surface area contributed by atoms with E-state index in [0.717, 1.165) is 58.5 Å². The van der Waals surface area contributed by atoms with Gasteiger partial charge in [0, 0.05) is 45.8 Å². The highest BCUT2D eigenvalue weighted by Gasteiger charge is 2.31. The number of nitrogens with one attached hydrogen (secondary N) is 1. The summed E-state index contributed by atoms with van der Waals surface area (Å²) in [6, 6.07) is 0. The molecule has 0 bridgehead atoms. The molecule has 2 heterocycles. The third-order valence-electron chi connectivity index (χ3n) is 5.47. The molecule has 0 aromatic rings. The number of carbonyl (C=O) groups is 1. The lowest BCUT2D eigenvalue weighted by molar-refractivity contribution is -0.126. The Kier molecular flexibility index (Phi) is 8.79. The van der Waals surface area contributed by atoms with Crippen molar-refractivity contribution in [1.29, 1.82) is 0 Å². The fourth-order valence-corrected chi connectivity index (χ4v) is 5.37. The van der Waals surface area contributed by atoms with Crippen LogP contribution in [0.5, 0.6) is 0 Å². The molecule has 2 saturated heterocycles. The summed E-state index contributed by atoms with van der Waals surface area (Å²) in [5, 5.41) is 3.02. The van der Waals surface area contributed by atoms with Gasteiger partial charge in [-0.05, 0) is 38.8 Å². The fourth-order valence-electron chi connectivity index (χ4n) is 3.78. The Hall–Kier alpha value is -0.700. The van der Waals surface area contributed by atoms with Gasteiger partial charge in [0.05, 0.1) is 11.7 Å². The zero-order chi connectivity index (χ0) is 19.0. The average Bonchev–Trinajstić information content (AvgIpc) is 2.65. The second-order valence-electron chi connectivity index (χ2n) is 7.43. The van der Waals surface area contributed by atoms with Gasteiger partial charge in [-0.25, -0.2) is 12.7 Å². The number of piperidine rings is 1. The van der Waals surface area contributed by atoms with Crippen molar-refractivity contribution < 1.29 is 13.2 Å². The van der Waals surface area contributed by atoms with Crippen LogP contribution in [0.2, 0.25) is 0 Å². The van der Waals surface area contributed by atoms with Crippen molar-refractivity contribution in [3.8, 4) is 0 Å². The minimum absolute atomic E-state index is 0.0113. The summed E-state index contributed by atoms with van der Waals surface area (Å²) in [5.74, 6) is -0.0206. The van der Waals surface area contributed by atoms with Crippen LogP contribution < -0.4 is 5.32 Å². The number of hydrogen-bond donors (Lipinski definition) is 1. The van der Waals surface area contributed by atoms with Crippen LogP contribution in [0.15, 0.2) is 0 Å². The number of hydrogen-bond acceptors (Lipinski definition) is 5. The number of rotatable bonds is 9. The van der Waals surface area contributed by atoms with Gasteiger partial charge in [-0.3, -0.25) is 4.79 Å². The van der Waals surface area contributed by atoms with Gasteiger partial charge in [0.1, 0.15) is 0 Å². The zero-order valence-corrected chi connectivity index (χ0v) is 17.3. The summed E-state index contributed by atoms with van der Waals surface area (Å²) >= 11 is 0. The highest BCUT2D eigenvalue weighted by Crippen LogP contribution is 2.20. The van der Waals surface area contributed by atoms with Crippen LogP contribution in [0.25, 0.3) is 0 Å². The molecule has 1 N–H and O–H groups in total. The monoisotopic (exact) mass is 388 g/mol. The molecule has 0 spiro atoms. The quantitative estimate of drug-likeness (QED) is 0.585. The molecule has 0 aromatic heterocycles. The molecule has 8 heteroatoms. The number of nitrogens with zero attached hydrogens (tertiary/aromatic N) is 3. The van der Waals surface area contributed by atoms with Crippen molar-refractivity contribution >= 4 is 15.9 Å². The molecule has 0 aliphatic carbocycles. The first-order chi connectivity index (χ1) is 12.5. The van der Waals surface area contributed by atoms with Crippen molar-refractivity contribution in [2.75, 3.05) is 64.7 Å². The first-order valence-electron chi connectivity index (χ1n) is 10.2. The van der Waals surface area contributed by atoms with Gasteiger partial charge < -0.3 is 15.1 Å². The van der Waals surface area contributed by atoms with Crippen LogP contribution in [-0.2, 0) is 14.8 Å². The van der Waals surface area contributed by atoms with Gasteiger partial charge in [-0.2, -0.15) is 0 Å². The molecule has 0 radical (unpaired) electrons. The number of carbonyl (C=O) groups excluding carboxylic acids is 1. The van der Waals surface area contributed by atoms with E-state index in [9.17, 15) is 13.2 Å². The van der Waals surface area contributed by atoms with Crippen LogP contribution in [0.1, 0.15) is 39.5 Å². The maximum atomic E-state index is 12.4. The Morgan fingerprint density at radius 2 is 1.77 bits per heavy atom. The van der Waals surface area contributed by atoms with Crippen molar-refractivity contribution in [3.63, 3.8) is 0 Å². The van der Waals surface area contributed by atoms with Gasteiger partial charge in [-0.1, -0.05) is 13.8 Å². The molecule has 152 valence electrons. The molecule has 26 heavy (non-hydrogen) atoms. The predicted molar refractivity (Wildman–Crippen MR) is 105 cm³/mol. The van der Waals surface area contributed by atoms with Crippen LogP contribution in [0.3, 0.4) is 0 Å². The van der Waals surface area contributed by atoms with Gasteiger partial charge in [0.25, 0.3) is 0 Å². The molecule has 2 rings (SSSR count). The molecular formula is C18H36N4O3S. The van der Waals surface area contributed by atoms with Crippen LogP contribution in [-0.4, -0.2) is 93.1 Å². The smallest absolute Gasteiger partial charge is 0.224 e. The van der Waals surface area contributed by atoms with Crippen molar-refractivity contribution in [2.45, 2.75) is 39.5 Å². The lowest BCUT2D eigenvalue weighted by Crippen LogP contribution is -2.47. The van der Waals surface area contributed by atoms with E-state index in [-0.39, 0.29) is 17.6 Å². The van der Waals surface area contributed by atoms with E-state index >= 15 is 0 Å². The Morgan fingerprint density at radius 1 is 1.08 bits per heavy atom. The van der Waals surface area contributed by atoms with Crippen LogP contribution in [0.4, 0.5) is 0 Å². The Labute approximate surface area is 159 Å². The summed E-state index contributed by atoms with van der Waals surface area (Å²) in [4.78, 5) is 17.3. The maximum absolute atomic E-state index is 12.4. The van der Waals surface area contributed by atoms with Crippen LogP contribution >= 0.6 is 0 Å². The summed E-state index contributed by atoms with van der Waals surface area (Å²) in [5.41, 5.74) is 0. The topological polar surface area (TPSA) is 73.0 Å². The summed E-state index contributed by atoms with van der Waals surface area (Å²) in [7, 11) is -3.20. The van der Waals surface area contributed by atoms with E-state index in [0.29, 0.717) is 26.1 Å². The summed E-state index contributed by atoms with van der Waals surface area (Å²) < 4.78 is 25.9. The van der Waals surface area contributed by atoms with Gasteiger partial charge >= 0.3 is 0 Å². The van der Waals surface area contributed by atoms with E-state index in [2.05, 4.69) is 22.0 Å². The Balaban J connectivity index is 1.66. The largest absolute Gasteiger partial charge is 0.356 e. The predicted octanol–water partition coefficient (Wildman–Crippen LogP) is 0.582. The molecule has 1 unspecified atom stereocenters. The van der Waals surface area contributed by atoms with Crippen molar-refractivity contribution in [2.24, 2.45) is 5.92 Å². The zero-order valence-electron chi connectivity index (χ0n) is 16.5. The van der Waals surface area contributed by atoms with Gasteiger partial charge in [-0.15, -0.1) is 0 Å². The minimum atomic E-state index is -3.20. The fraction of sp³-hybridized carbons (Fsp3) is 0.944. The second-order valence-corrected chi connectivity index (χ2v) is 9.52. The number of piperazine rings is 1. The van der Waals surface area contributed by atoms with E-state index in [1.165, 1.54) is 4.31 Å². The summed E-state index contributed by atoms with van der Waals surface area (Å²) in [6.45, 7) is 12.2. The molecular weight excluding hydrogens is 352 g/mol. The number of sulfonamides is 1. The highest BCUT2D eigenvalue weighted by molar-refractivity contribution is 7.89.